The highest BCUT2D eigenvalue weighted by molar-refractivity contribution is 5.83. The quantitative estimate of drug-likeness (QED) is 0.822. The van der Waals surface area contributed by atoms with E-state index in [-0.39, 0.29) is 5.91 Å². The normalized spacial score (nSPS) is 21.4. The third-order valence-electron chi connectivity index (χ3n) is 6.64. The van der Waals surface area contributed by atoms with Crippen LogP contribution in [-0.4, -0.2) is 48.3 Å². The molecular formula is C26H33NO3. The van der Waals surface area contributed by atoms with Crippen LogP contribution in [0.2, 0.25) is 0 Å². The summed E-state index contributed by atoms with van der Waals surface area (Å²) in [4.78, 5) is 15.4. The van der Waals surface area contributed by atoms with E-state index in [9.17, 15) is 9.90 Å². The van der Waals surface area contributed by atoms with Crippen LogP contribution in [0.5, 0.6) is 0 Å². The van der Waals surface area contributed by atoms with E-state index in [2.05, 4.69) is 56.3 Å². The summed E-state index contributed by atoms with van der Waals surface area (Å²) in [7, 11) is 0. The fourth-order valence-corrected chi connectivity index (χ4v) is 5.05. The first-order chi connectivity index (χ1) is 14.4. The predicted octanol–water partition coefficient (Wildman–Crippen LogP) is 4.29. The molecule has 2 aromatic rings. The van der Waals surface area contributed by atoms with Crippen LogP contribution >= 0.6 is 0 Å². The molecule has 4 heteroatoms. The lowest BCUT2D eigenvalue weighted by Crippen LogP contribution is -2.52. The molecule has 0 aromatic heterocycles. The van der Waals surface area contributed by atoms with E-state index >= 15 is 0 Å². The highest BCUT2D eigenvalue weighted by atomic mass is 16.5. The van der Waals surface area contributed by atoms with Crippen LogP contribution in [0.1, 0.15) is 42.4 Å². The number of nitrogens with zero attached hydrogens (tertiary/aromatic N) is 1. The zero-order valence-electron chi connectivity index (χ0n) is 18.2. The van der Waals surface area contributed by atoms with E-state index in [0.29, 0.717) is 19.8 Å². The lowest BCUT2D eigenvalue weighted by atomic mass is 9.73. The summed E-state index contributed by atoms with van der Waals surface area (Å²) in [6.45, 7) is 6.73. The minimum atomic E-state index is -0.420. The van der Waals surface area contributed by atoms with Crippen LogP contribution in [-0.2, 0) is 16.0 Å². The smallest absolute Gasteiger partial charge is 0.229 e. The zero-order valence-corrected chi connectivity index (χ0v) is 18.2. The van der Waals surface area contributed by atoms with Crippen molar-refractivity contribution in [2.24, 2.45) is 5.41 Å². The number of ether oxygens (including phenoxy) is 1. The van der Waals surface area contributed by atoms with E-state index in [4.69, 9.17) is 4.74 Å². The molecule has 2 aliphatic heterocycles. The minimum Gasteiger partial charge on any atom is -0.391 e. The molecule has 2 aliphatic rings. The van der Waals surface area contributed by atoms with Gasteiger partial charge in [0.2, 0.25) is 5.91 Å². The Bertz CT molecular complexity index is 863. The Morgan fingerprint density at radius 1 is 1.07 bits per heavy atom. The van der Waals surface area contributed by atoms with Crippen LogP contribution in [0.3, 0.4) is 0 Å². The number of benzene rings is 2. The van der Waals surface area contributed by atoms with Crippen LogP contribution in [0, 0.1) is 19.3 Å². The summed E-state index contributed by atoms with van der Waals surface area (Å²) in [6.07, 6.45) is 3.50. The van der Waals surface area contributed by atoms with Gasteiger partial charge in [0, 0.05) is 26.3 Å². The number of hydrogen-bond donors (Lipinski definition) is 1. The van der Waals surface area contributed by atoms with Crippen molar-refractivity contribution in [1.82, 2.24) is 4.90 Å². The molecule has 2 saturated heterocycles. The monoisotopic (exact) mass is 407 g/mol. The molecular weight excluding hydrogens is 374 g/mol. The fourth-order valence-electron chi connectivity index (χ4n) is 5.05. The molecule has 0 saturated carbocycles. The molecule has 30 heavy (non-hydrogen) atoms. The van der Waals surface area contributed by atoms with Crippen molar-refractivity contribution < 1.29 is 14.6 Å². The van der Waals surface area contributed by atoms with E-state index in [1.165, 1.54) is 27.8 Å². The SMILES string of the molecule is Cc1cc(C)cc(-c2ccc(CC3(C(=O)N4CCC[C@@H](O)C4)CCOCC3)cc2)c1. The highest BCUT2D eigenvalue weighted by Crippen LogP contribution is 2.37. The molecule has 0 radical (unpaired) electrons. The molecule has 2 aromatic carbocycles. The predicted molar refractivity (Wildman–Crippen MR) is 119 cm³/mol. The second kappa shape index (κ2) is 8.91. The van der Waals surface area contributed by atoms with Gasteiger partial charge in [-0.1, -0.05) is 53.6 Å². The molecule has 160 valence electrons. The van der Waals surface area contributed by atoms with E-state index in [1.807, 2.05) is 4.90 Å². The van der Waals surface area contributed by atoms with Crippen molar-refractivity contribution in [2.75, 3.05) is 26.3 Å². The molecule has 0 spiro atoms. The average Bonchev–Trinajstić information content (AvgIpc) is 2.74. The van der Waals surface area contributed by atoms with Gasteiger partial charge in [-0.15, -0.1) is 0 Å². The maximum atomic E-state index is 13.5. The van der Waals surface area contributed by atoms with Crippen molar-refractivity contribution in [3.63, 3.8) is 0 Å². The van der Waals surface area contributed by atoms with Gasteiger partial charge in [-0.05, 0) is 62.6 Å². The van der Waals surface area contributed by atoms with Crippen molar-refractivity contribution in [1.29, 1.82) is 0 Å². The zero-order chi connectivity index (χ0) is 21.1. The third kappa shape index (κ3) is 4.60. The number of aryl methyl sites for hydroxylation is 2. The second-order valence-electron chi connectivity index (χ2n) is 9.19. The number of likely N-dealkylation sites (tertiary alicyclic amines) is 1. The number of carbonyl (C=O) groups is 1. The lowest BCUT2D eigenvalue weighted by Gasteiger charge is -2.42. The number of hydrogen-bond acceptors (Lipinski definition) is 3. The van der Waals surface area contributed by atoms with Crippen LogP contribution in [0.4, 0.5) is 0 Å². The van der Waals surface area contributed by atoms with Gasteiger partial charge in [0.05, 0.1) is 11.5 Å². The molecule has 2 heterocycles. The fraction of sp³-hybridized carbons (Fsp3) is 0.500. The first kappa shape index (κ1) is 21.1. The molecule has 0 bridgehead atoms. The lowest BCUT2D eigenvalue weighted by molar-refractivity contribution is -0.151. The molecule has 1 atom stereocenters. The summed E-state index contributed by atoms with van der Waals surface area (Å²) in [5.74, 6) is 0.197. The molecule has 2 fully saturated rings. The van der Waals surface area contributed by atoms with Crippen LogP contribution < -0.4 is 0 Å². The number of rotatable bonds is 4. The van der Waals surface area contributed by atoms with Crippen LogP contribution in [0.25, 0.3) is 11.1 Å². The van der Waals surface area contributed by atoms with Gasteiger partial charge in [0.25, 0.3) is 0 Å². The Balaban J connectivity index is 1.55. The number of aliphatic hydroxyl groups excluding tert-OH is 1. The summed E-state index contributed by atoms with van der Waals surface area (Å²) in [5, 5.41) is 10.1. The first-order valence-electron chi connectivity index (χ1n) is 11.2. The van der Waals surface area contributed by atoms with Crippen molar-refractivity contribution in [2.45, 2.75) is 52.1 Å². The van der Waals surface area contributed by atoms with E-state index in [1.54, 1.807) is 0 Å². The Kier molecular flexibility index (Phi) is 6.26. The van der Waals surface area contributed by atoms with Crippen molar-refractivity contribution in [3.8, 4) is 11.1 Å². The minimum absolute atomic E-state index is 0.197. The number of amides is 1. The molecule has 0 aliphatic carbocycles. The van der Waals surface area contributed by atoms with Gasteiger partial charge in [-0.2, -0.15) is 0 Å². The standard InChI is InChI=1S/C26H33NO3/c1-19-14-20(2)16-23(15-19)22-7-5-21(6-8-22)17-26(9-12-30-13-10-26)25(29)27-11-3-4-24(28)18-27/h5-8,14-16,24,28H,3-4,9-13,17-18H2,1-2H3/t24-/m1/s1. The van der Waals surface area contributed by atoms with Crippen molar-refractivity contribution >= 4 is 5.91 Å². The van der Waals surface area contributed by atoms with Gasteiger partial charge in [0.1, 0.15) is 0 Å². The maximum absolute atomic E-state index is 13.5. The van der Waals surface area contributed by atoms with Crippen LogP contribution in [0.15, 0.2) is 42.5 Å². The number of carbonyl (C=O) groups excluding carboxylic acids is 1. The molecule has 1 amide bonds. The summed E-state index contributed by atoms with van der Waals surface area (Å²) >= 11 is 0. The summed E-state index contributed by atoms with van der Waals surface area (Å²) in [6, 6.07) is 15.3. The van der Waals surface area contributed by atoms with E-state index in [0.717, 1.165) is 38.6 Å². The third-order valence-corrected chi connectivity index (χ3v) is 6.64. The summed E-state index contributed by atoms with van der Waals surface area (Å²) < 4.78 is 5.60. The number of aliphatic hydroxyl groups is 1. The van der Waals surface area contributed by atoms with Crippen molar-refractivity contribution in [3.05, 3.63) is 59.2 Å². The average molecular weight is 408 g/mol. The van der Waals surface area contributed by atoms with Gasteiger partial charge < -0.3 is 14.7 Å². The first-order valence-corrected chi connectivity index (χ1v) is 11.2. The largest absolute Gasteiger partial charge is 0.391 e. The molecule has 0 unspecified atom stereocenters. The topological polar surface area (TPSA) is 49.8 Å². The van der Waals surface area contributed by atoms with Gasteiger partial charge in [0.15, 0.2) is 0 Å². The van der Waals surface area contributed by atoms with Gasteiger partial charge in [-0.3, -0.25) is 4.79 Å². The molecule has 4 nitrogen and oxygen atoms in total. The Morgan fingerprint density at radius 2 is 1.73 bits per heavy atom. The van der Waals surface area contributed by atoms with Gasteiger partial charge >= 0.3 is 0 Å². The Hall–Kier alpha value is -2.17. The Labute approximate surface area is 179 Å². The Morgan fingerprint density at radius 3 is 2.37 bits per heavy atom. The van der Waals surface area contributed by atoms with E-state index < -0.39 is 11.5 Å². The number of piperidine rings is 1. The highest BCUT2D eigenvalue weighted by Gasteiger charge is 2.43. The second-order valence-corrected chi connectivity index (χ2v) is 9.19. The number of β-amino-alcohol motifs (C(OH)–C–C–N with tert-alkyl or cyclic N) is 1. The maximum Gasteiger partial charge on any atom is 0.229 e. The summed E-state index contributed by atoms with van der Waals surface area (Å²) in [5.41, 5.74) is 5.75. The van der Waals surface area contributed by atoms with Gasteiger partial charge in [-0.25, -0.2) is 0 Å². The molecule has 1 N–H and O–H groups in total. The molecule has 4 rings (SSSR count).